The maximum absolute atomic E-state index is 13.2. The van der Waals surface area contributed by atoms with Crippen LogP contribution in [-0.4, -0.2) is 161 Å². The molecule has 1 rings (SSSR count). The van der Waals surface area contributed by atoms with E-state index in [1.54, 1.807) is 14.0 Å². The Bertz CT molecular complexity index is 922. The number of carboxylic acids is 1. The summed E-state index contributed by atoms with van der Waals surface area (Å²) in [6.45, 7) is 7.60. The van der Waals surface area contributed by atoms with E-state index >= 15 is 0 Å². The number of carbonyl (C=O) groups is 3. The summed E-state index contributed by atoms with van der Waals surface area (Å²) in [7, 11) is 3.07. The number of ether oxygens (including phenoxy) is 6. The Morgan fingerprint density at radius 3 is 2.09 bits per heavy atom. The molecule has 17 heteroatoms. The number of rotatable bonds is 21. The van der Waals surface area contributed by atoms with Crippen molar-refractivity contribution in [2.45, 2.75) is 51.2 Å². The van der Waals surface area contributed by atoms with Crippen LogP contribution in [0.25, 0.3) is 0 Å². The van der Waals surface area contributed by atoms with Crippen LogP contribution in [0.4, 0.5) is 4.79 Å². The fourth-order valence-corrected chi connectivity index (χ4v) is 4.08. The van der Waals surface area contributed by atoms with Crippen LogP contribution >= 0.6 is 0 Å². The molecule has 0 saturated heterocycles. The molecule has 0 spiro atoms. The monoisotopic (exact) mass is 635 g/mol. The van der Waals surface area contributed by atoms with E-state index in [0.717, 1.165) is 0 Å². The van der Waals surface area contributed by atoms with Gasteiger partial charge in [0, 0.05) is 40.7 Å². The molecule has 0 saturated carbocycles. The zero-order valence-corrected chi connectivity index (χ0v) is 26.2. The average Bonchev–Trinajstić information content (AvgIpc) is 3.00. The van der Waals surface area contributed by atoms with Gasteiger partial charge in [-0.25, -0.2) is 9.59 Å². The molecule has 254 valence electrons. The fraction of sp³-hybridized carbons (Fsp3) is 0.778. The van der Waals surface area contributed by atoms with Gasteiger partial charge in [0.05, 0.1) is 64.9 Å². The number of aliphatic imine (C=N–C) groups is 1. The highest BCUT2D eigenvalue weighted by molar-refractivity contribution is 5.85. The first-order valence-electron chi connectivity index (χ1n) is 14.5. The zero-order chi connectivity index (χ0) is 32.9. The van der Waals surface area contributed by atoms with Gasteiger partial charge in [-0.05, 0) is 19.9 Å². The smallest absolute Gasteiger partial charge is 0.410 e. The second-order valence-electron chi connectivity index (χ2n) is 9.35. The number of nitrogens with zero attached hydrogens (tertiary/aromatic N) is 2. The summed E-state index contributed by atoms with van der Waals surface area (Å²) < 4.78 is 32.8. The number of likely N-dealkylation sites (N-methyl/N-ethyl adjacent to an activating group) is 1. The molecule has 0 unspecified atom stereocenters. The van der Waals surface area contributed by atoms with Crippen LogP contribution in [0.2, 0.25) is 0 Å². The number of hydrogen-bond donors (Lipinski definition) is 6. The molecule has 0 bridgehead atoms. The lowest BCUT2D eigenvalue weighted by atomic mass is 9.91. The quantitative estimate of drug-likeness (QED) is 0.0470. The summed E-state index contributed by atoms with van der Waals surface area (Å²) in [5.41, 5.74) is 0. The Morgan fingerprint density at radius 1 is 1.02 bits per heavy atom. The predicted molar refractivity (Wildman–Crippen MR) is 157 cm³/mol. The molecule has 1 heterocycles. The van der Waals surface area contributed by atoms with Crippen molar-refractivity contribution < 1.29 is 58.1 Å². The molecule has 1 aliphatic rings. The summed E-state index contributed by atoms with van der Waals surface area (Å²) >= 11 is 0. The molecule has 0 fully saturated rings. The summed E-state index contributed by atoms with van der Waals surface area (Å²) in [6, 6.07) is -1.99. The van der Waals surface area contributed by atoms with Gasteiger partial charge in [-0.3, -0.25) is 9.79 Å². The van der Waals surface area contributed by atoms with Crippen molar-refractivity contribution in [1.29, 1.82) is 0 Å². The van der Waals surface area contributed by atoms with Crippen LogP contribution < -0.4 is 16.0 Å². The summed E-state index contributed by atoms with van der Waals surface area (Å²) in [5.74, 6) is -2.20. The molecular weight excluding hydrogens is 586 g/mol. The zero-order valence-electron chi connectivity index (χ0n) is 26.2. The molecule has 2 amide bonds. The maximum atomic E-state index is 13.2. The molecule has 0 radical (unpaired) electrons. The number of aliphatic hydroxyl groups excluding tert-OH is 2. The van der Waals surface area contributed by atoms with Gasteiger partial charge in [0.2, 0.25) is 11.7 Å². The highest BCUT2D eigenvalue weighted by Crippen LogP contribution is 2.25. The van der Waals surface area contributed by atoms with E-state index in [0.29, 0.717) is 39.6 Å². The van der Waals surface area contributed by atoms with Crippen LogP contribution in [0, 0.1) is 0 Å². The van der Waals surface area contributed by atoms with E-state index in [1.807, 2.05) is 6.92 Å². The third-order valence-electron chi connectivity index (χ3n) is 6.27. The number of guanidine groups is 1. The number of aliphatic carboxylic acids is 1. The second kappa shape index (κ2) is 22.3. The van der Waals surface area contributed by atoms with E-state index in [9.17, 15) is 29.7 Å². The van der Waals surface area contributed by atoms with Gasteiger partial charge >= 0.3 is 12.1 Å². The number of nitrogens with one attached hydrogen (secondary N) is 3. The van der Waals surface area contributed by atoms with Gasteiger partial charge < -0.3 is 64.6 Å². The predicted octanol–water partition coefficient (Wildman–Crippen LogP) is -1.71. The third-order valence-corrected chi connectivity index (χ3v) is 6.27. The topological polar surface area (TPSA) is 219 Å². The Morgan fingerprint density at radius 2 is 1.61 bits per heavy atom. The van der Waals surface area contributed by atoms with Crippen molar-refractivity contribution in [1.82, 2.24) is 20.9 Å². The molecule has 0 aromatic heterocycles. The number of carboxylic acid groups (broad SMARTS) is 1. The van der Waals surface area contributed by atoms with E-state index in [1.165, 1.54) is 24.9 Å². The Hall–Kier alpha value is -3.22. The second-order valence-corrected chi connectivity index (χ2v) is 9.35. The van der Waals surface area contributed by atoms with Crippen molar-refractivity contribution in [3.05, 3.63) is 11.8 Å². The minimum absolute atomic E-state index is 0.126. The van der Waals surface area contributed by atoms with Gasteiger partial charge in [0.15, 0.2) is 18.2 Å². The number of amides is 2. The van der Waals surface area contributed by atoms with E-state index in [2.05, 4.69) is 20.9 Å². The van der Waals surface area contributed by atoms with Crippen molar-refractivity contribution in [2.75, 3.05) is 86.6 Å². The highest BCUT2D eigenvalue weighted by Gasteiger charge is 2.46. The van der Waals surface area contributed by atoms with Crippen molar-refractivity contribution in [3.63, 3.8) is 0 Å². The van der Waals surface area contributed by atoms with E-state index in [-0.39, 0.29) is 32.3 Å². The first-order valence-corrected chi connectivity index (χ1v) is 14.5. The van der Waals surface area contributed by atoms with E-state index < -0.39 is 60.7 Å². The molecule has 0 aromatic rings. The lowest BCUT2D eigenvalue weighted by Gasteiger charge is -2.41. The SMILES string of the molecule is CCOCCOCCOCCOCCN(CC)C(=O)O[C@@H]([C@H]1OC(C(=O)O)=C[C@@H](NC(=NC)NC)[C@@H]1NC(C)=O)[C@H](O)CO. The molecule has 17 nitrogen and oxygen atoms in total. The maximum Gasteiger partial charge on any atom is 0.410 e. The van der Waals surface area contributed by atoms with Gasteiger partial charge in [-0.2, -0.15) is 0 Å². The first-order chi connectivity index (χ1) is 21.1. The third kappa shape index (κ3) is 14.0. The summed E-state index contributed by atoms with van der Waals surface area (Å²) in [4.78, 5) is 42.5. The lowest BCUT2D eigenvalue weighted by Crippen LogP contribution is -2.65. The van der Waals surface area contributed by atoms with Crippen molar-refractivity contribution in [3.8, 4) is 0 Å². The first kappa shape index (κ1) is 38.8. The molecule has 44 heavy (non-hydrogen) atoms. The Balaban J connectivity index is 2.88. The van der Waals surface area contributed by atoms with Gasteiger partial charge in [-0.15, -0.1) is 0 Å². The van der Waals surface area contributed by atoms with Gasteiger partial charge in [0.25, 0.3) is 0 Å². The normalized spacial score (nSPS) is 19.7. The molecule has 0 aliphatic carbocycles. The van der Waals surface area contributed by atoms with Gasteiger partial charge in [0.1, 0.15) is 6.10 Å². The molecule has 5 atom stereocenters. The molecule has 0 aromatic carbocycles. The Labute approximate surface area is 257 Å². The lowest BCUT2D eigenvalue weighted by molar-refractivity contribution is -0.147. The van der Waals surface area contributed by atoms with E-state index in [4.69, 9.17) is 28.4 Å². The number of aliphatic hydroxyl groups is 2. The summed E-state index contributed by atoms with van der Waals surface area (Å²) in [5, 5.41) is 38.6. The van der Waals surface area contributed by atoms with Crippen molar-refractivity contribution >= 4 is 23.9 Å². The Kier molecular flexibility index (Phi) is 19.7. The molecular formula is C27H49N5O12. The minimum atomic E-state index is -1.69. The van der Waals surface area contributed by atoms with Crippen LogP contribution in [0.5, 0.6) is 0 Å². The average molecular weight is 636 g/mol. The molecule has 6 N–H and O–H groups in total. The van der Waals surface area contributed by atoms with Crippen LogP contribution in [0.3, 0.4) is 0 Å². The van der Waals surface area contributed by atoms with Crippen LogP contribution in [0.15, 0.2) is 16.8 Å². The standard InChI is InChI=1S/C27H49N5O12/c1-6-32(8-9-40-12-13-42-15-14-41-11-10-39-7-2)27(38)44-23(20(35)17-33)24-22(30-18(3)34)19(31-26(28-4)29-5)16-21(43-24)25(36)37/h16,19-20,22-24,33,35H,6-15,17H2,1-5H3,(H,30,34)(H,36,37)(H2,28,29,31)/t19-,20-,22+,23-,24+/m1/s1. The largest absolute Gasteiger partial charge is 0.477 e. The van der Waals surface area contributed by atoms with Crippen LogP contribution in [-0.2, 0) is 38.0 Å². The summed E-state index contributed by atoms with van der Waals surface area (Å²) in [6.07, 6.45) is -4.36. The van der Waals surface area contributed by atoms with Gasteiger partial charge in [-0.1, -0.05) is 0 Å². The minimum Gasteiger partial charge on any atom is -0.477 e. The number of hydrogen-bond acceptors (Lipinski definition) is 12. The fourth-order valence-electron chi connectivity index (χ4n) is 4.08. The number of carbonyl (C=O) groups excluding carboxylic acids is 2. The molecule has 1 aliphatic heterocycles. The van der Waals surface area contributed by atoms with Crippen LogP contribution in [0.1, 0.15) is 20.8 Å². The van der Waals surface area contributed by atoms with Crippen molar-refractivity contribution in [2.24, 2.45) is 4.99 Å². The highest BCUT2D eigenvalue weighted by atomic mass is 16.6.